The summed E-state index contributed by atoms with van der Waals surface area (Å²) in [6, 6.07) is 0. The molecule has 0 aromatic carbocycles. The van der Waals surface area contributed by atoms with Crippen LogP contribution < -0.4 is 0 Å². The highest BCUT2D eigenvalue weighted by Crippen LogP contribution is 2.39. The summed E-state index contributed by atoms with van der Waals surface area (Å²) in [5.41, 5.74) is 0. The Morgan fingerprint density at radius 2 is 1.64 bits per heavy atom. The number of aliphatic hydroxyl groups excluding tert-OH is 1. The lowest BCUT2D eigenvalue weighted by Gasteiger charge is -2.43. The van der Waals surface area contributed by atoms with Gasteiger partial charge in [0.15, 0.2) is 8.32 Å². The van der Waals surface area contributed by atoms with E-state index in [9.17, 15) is 9.90 Å². The molecule has 0 aliphatic heterocycles. The highest BCUT2D eigenvalue weighted by molar-refractivity contribution is 6.74. The first-order chi connectivity index (χ1) is 9.76. The van der Waals surface area contributed by atoms with Crippen molar-refractivity contribution in [2.75, 3.05) is 14.2 Å². The van der Waals surface area contributed by atoms with Gasteiger partial charge in [-0.2, -0.15) is 0 Å². The van der Waals surface area contributed by atoms with Gasteiger partial charge in [-0.25, -0.2) is 5.06 Å². The standard InChI is InChI=1S/C16H35NO4Si/c1-11(13(3)18)14(12(2)15(19)17(7)20-8)21-22(9,10)16(4,5)6/h11-14,18H,1-10H3/t11-,12+,13+,14-/m0/s1. The summed E-state index contributed by atoms with van der Waals surface area (Å²) in [4.78, 5) is 17.4. The molecule has 0 rings (SSSR count). The van der Waals surface area contributed by atoms with Crippen molar-refractivity contribution in [3.8, 4) is 0 Å². The molecule has 0 saturated carbocycles. The summed E-state index contributed by atoms with van der Waals surface area (Å²) < 4.78 is 6.48. The predicted molar refractivity (Wildman–Crippen MR) is 91.9 cm³/mol. The largest absolute Gasteiger partial charge is 0.413 e. The lowest BCUT2D eigenvalue weighted by Crippen LogP contribution is -2.51. The summed E-state index contributed by atoms with van der Waals surface area (Å²) in [7, 11) is 1.00. The molecule has 0 aliphatic rings. The molecular formula is C16H35NO4Si. The number of aliphatic hydroxyl groups is 1. The molecule has 0 aromatic rings. The Balaban J connectivity index is 5.44. The van der Waals surface area contributed by atoms with Crippen molar-refractivity contribution in [3.05, 3.63) is 0 Å². The van der Waals surface area contributed by atoms with Gasteiger partial charge in [0.2, 0.25) is 0 Å². The fourth-order valence-electron chi connectivity index (χ4n) is 1.97. The molecule has 1 N–H and O–H groups in total. The minimum atomic E-state index is -2.05. The summed E-state index contributed by atoms with van der Waals surface area (Å²) >= 11 is 0. The number of nitrogens with zero attached hydrogens (tertiary/aromatic N) is 1. The molecule has 0 fully saturated rings. The first kappa shape index (κ1) is 21.6. The molecule has 22 heavy (non-hydrogen) atoms. The van der Waals surface area contributed by atoms with Gasteiger partial charge >= 0.3 is 0 Å². The normalized spacial score (nSPS) is 18.5. The first-order valence-electron chi connectivity index (χ1n) is 7.93. The molecular weight excluding hydrogens is 298 g/mol. The quantitative estimate of drug-likeness (QED) is 0.575. The third kappa shape index (κ3) is 5.33. The minimum absolute atomic E-state index is 0.0413. The molecule has 132 valence electrons. The smallest absolute Gasteiger partial charge is 0.251 e. The van der Waals surface area contributed by atoms with Crippen LogP contribution in [0, 0.1) is 11.8 Å². The highest BCUT2D eigenvalue weighted by Gasteiger charge is 2.43. The van der Waals surface area contributed by atoms with Crippen molar-refractivity contribution >= 4 is 14.2 Å². The molecule has 0 saturated heterocycles. The lowest BCUT2D eigenvalue weighted by atomic mass is 9.89. The molecule has 0 radical (unpaired) electrons. The Bertz CT molecular complexity index is 366. The second-order valence-corrected chi connectivity index (χ2v) is 12.5. The first-order valence-corrected chi connectivity index (χ1v) is 10.8. The van der Waals surface area contributed by atoms with E-state index in [2.05, 4.69) is 33.9 Å². The number of rotatable bonds is 7. The third-order valence-corrected chi connectivity index (χ3v) is 9.46. The van der Waals surface area contributed by atoms with Crippen LogP contribution in [-0.2, 0) is 14.1 Å². The van der Waals surface area contributed by atoms with E-state index in [0.29, 0.717) is 0 Å². The fourth-order valence-corrected chi connectivity index (χ4v) is 3.43. The highest BCUT2D eigenvalue weighted by atomic mass is 28.4. The van der Waals surface area contributed by atoms with Crippen LogP contribution in [0.5, 0.6) is 0 Å². The van der Waals surface area contributed by atoms with Crippen LogP contribution in [0.2, 0.25) is 18.1 Å². The topological polar surface area (TPSA) is 59.0 Å². The Hall–Kier alpha value is -0.433. The minimum Gasteiger partial charge on any atom is -0.413 e. The van der Waals surface area contributed by atoms with Gasteiger partial charge in [-0.15, -0.1) is 0 Å². The molecule has 0 bridgehead atoms. The summed E-state index contributed by atoms with van der Waals surface area (Å²) in [5, 5.41) is 11.3. The molecule has 4 atom stereocenters. The van der Waals surface area contributed by atoms with Crippen LogP contribution in [-0.4, -0.2) is 50.8 Å². The fraction of sp³-hybridized carbons (Fsp3) is 0.938. The van der Waals surface area contributed by atoms with Crippen LogP contribution in [0.1, 0.15) is 41.5 Å². The molecule has 0 spiro atoms. The van der Waals surface area contributed by atoms with Crippen molar-refractivity contribution in [1.82, 2.24) is 5.06 Å². The van der Waals surface area contributed by atoms with Gasteiger partial charge in [-0.05, 0) is 25.1 Å². The molecule has 5 nitrogen and oxygen atoms in total. The number of hydroxylamine groups is 2. The number of hydrogen-bond donors (Lipinski definition) is 1. The van der Waals surface area contributed by atoms with E-state index in [1.807, 2.05) is 13.8 Å². The van der Waals surface area contributed by atoms with Crippen LogP contribution in [0.15, 0.2) is 0 Å². The van der Waals surface area contributed by atoms with Crippen molar-refractivity contribution in [2.24, 2.45) is 11.8 Å². The number of carbonyl (C=O) groups is 1. The summed E-state index contributed by atoms with van der Waals surface area (Å²) in [6.07, 6.45) is -0.885. The van der Waals surface area contributed by atoms with Gasteiger partial charge in [0.1, 0.15) is 0 Å². The summed E-state index contributed by atoms with van der Waals surface area (Å²) in [5.74, 6) is -0.666. The van der Waals surface area contributed by atoms with Crippen LogP contribution in [0.3, 0.4) is 0 Å². The number of carbonyl (C=O) groups excluding carboxylic acids is 1. The van der Waals surface area contributed by atoms with E-state index >= 15 is 0 Å². The van der Waals surface area contributed by atoms with Crippen LogP contribution in [0.25, 0.3) is 0 Å². The van der Waals surface area contributed by atoms with E-state index in [1.54, 1.807) is 14.0 Å². The Morgan fingerprint density at radius 1 is 1.18 bits per heavy atom. The van der Waals surface area contributed by atoms with E-state index in [1.165, 1.54) is 12.2 Å². The third-order valence-electron chi connectivity index (χ3n) is 4.98. The monoisotopic (exact) mass is 333 g/mol. The van der Waals surface area contributed by atoms with E-state index in [-0.39, 0.29) is 28.9 Å². The maximum atomic E-state index is 12.4. The van der Waals surface area contributed by atoms with Crippen LogP contribution >= 0.6 is 0 Å². The van der Waals surface area contributed by atoms with E-state index in [4.69, 9.17) is 9.26 Å². The van der Waals surface area contributed by atoms with Gasteiger partial charge in [-0.3, -0.25) is 9.63 Å². The SMILES string of the molecule is CON(C)C(=O)[C@H](C)[C@@H](O[Si](C)(C)C(C)(C)C)[C@@H](C)[C@@H](C)O. The van der Waals surface area contributed by atoms with Crippen molar-refractivity contribution < 1.29 is 19.2 Å². The number of amides is 1. The van der Waals surface area contributed by atoms with Crippen molar-refractivity contribution in [2.45, 2.75) is 71.9 Å². The Morgan fingerprint density at radius 3 is 1.95 bits per heavy atom. The molecule has 1 amide bonds. The maximum absolute atomic E-state index is 12.4. The average molecular weight is 334 g/mol. The predicted octanol–water partition coefficient (Wildman–Crippen LogP) is 3.05. The zero-order valence-electron chi connectivity index (χ0n) is 15.9. The molecule has 0 aliphatic carbocycles. The van der Waals surface area contributed by atoms with Crippen molar-refractivity contribution in [3.63, 3.8) is 0 Å². The lowest BCUT2D eigenvalue weighted by molar-refractivity contribution is -0.177. The van der Waals surface area contributed by atoms with Gasteiger partial charge in [0, 0.05) is 13.0 Å². The Labute approximate surface area is 137 Å². The molecule has 0 unspecified atom stereocenters. The second kappa shape index (κ2) is 7.90. The van der Waals surface area contributed by atoms with Crippen LogP contribution in [0.4, 0.5) is 0 Å². The Kier molecular flexibility index (Phi) is 7.75. The van der Waals surface area contributed by atoms with Gasteiger partial charge in [0.05, 0.1) is 25.2 Å². The van der Waals surface area contributed by atoms with Gasteiger partial charge in [0.25, 0.3) is 5.91 Å². The van der Waals surface area contributed by atoms with Crippen molar-refractivity contribution in [1.29, 1.82) is 0 Å². The van der Waals surface area contributed by atoms with E-state index < -0.39 is 14.4 Å². The zero-order chi connectivity index (χ0) is 17.9. The number of hydrogen-bond acceptors (Lipinski definition) is 4. The van der Waals surface area contributed by atoms with Gasteiger partial charge < -0.3 is 9.53 Å². The average Bonchev–Trinajstić information content (AvgIpc) is 2.40. The zero-order valence-corrected chi connectivity index (χ0v) is 16.9. The molecule has 0 heterocycles. The molecule has 0 aromatic heterocycles. The maximum Gasteiger partial charge on any atom is 0.251 e. The second-order valence-electron chi connectivity index (χ2n) is 7.75. The van der Waals surface area contributed by atoms with Gasteiger partial charge in [-0.1, -0.05) is 34.6 Å². The summed E-state index contributed by atoms with van der Waals surface area (Å²) in [6.45, 7) is 16.3. The van der Waals surface area contributed by atoms with E-state index in [0.717, 1.165) is 0 Å². The molecule has 6 heteroatoms.